The predicted molar refractivity (Wildman–Crippen MR) is 69.8 cm³/mol. The predicted octanol–water partition coefficient (Wildman–Crippen LogP) is 1.33. The van der Waals surface area contributed by atoms with E-state index in [1.54, 1.807) is 0 Å². The number of nitrogens with zero attached hydrogens (tertiary/aromatic N) is 3. The van der Waals surface area contributed by atoms with Gasteiger partial charge in [-0.1, -0.05) is 6.08 Å². The average molecular weight is 249 g/mol. The molecular formula is C12H15N3OS. The molecule has 1 aromatic heterocycles. The van der Waals surface area contributed by atoms with E-state index in [2.05, 4.69) is 33.6 Å². The molecule has 1 aliphatic heterocycles. The Bertz CT molecular complexity index is 442. The van der Waals surface area contributed by atoms with E-state index in [0.29, 0.717) is 6.54 Å². The Hall–Kier alpha value is -1.20. The molecular weight excluding hydrogens is 234 g/mol. The van der Waals surface area contributed by atoms with Gasteiger partial charge < -0.3 is 0 Å². The standard InChI is InChI=1S/C12H15N3OS/c1-9-6-13-12(14-7-9)10-2-4-15(5-3-10)8-11(16)17/h2,6-7H,3-5,8H2,1H3,(H,16,17). The summed E-state index contributed by atoms with van der Waals surface area (Å²) in [7, 11) is 0. The highest BCUT2D eigenvalue weighted by atomic mass is 32.1. The molecule has 0 unspecified atom stereocenters. The fraction of sp³-hybridized carbons (Fsp3) is 0.417. The van der Waals surface area contributed by atoms with Crippen molar-refractivity contribution in [2.75, 3.05) is 19.6 Å². The zero-order valence-corrected chi connectivity index (χ0v) is 10.7. The van der Waals surface area contributed by atoms with Crippen LogP contribution in [0.3, 0.4) is 0 Å². The van der Waals surface area contributed by atoms with E-state index in [1.165, 1.54) is 0 Å². The van der Waals surface area contributed by atoms with E-state index in [1.807, 2.05) is 19.3 Å². The highest BCUT2D eigenvalue weighted by Crippen LogP contribution is 2.18. The summed E-state index contributed by atoms with van der Waals surface area (Å²) in [5.41, 5.74) is 2.22. The van der Waals surface area contributed by atoms with Gasteiger partial charge in [0, 0.05) is 25.5 Å². The number of aryl methyl sites for hydroxylation is 1. The molecule has 0 fully saturated rings. The number of carbonyl (C=O) groups excluding carboxylic acids is 1. The van der Waals surface area contributed by atoms with Crippen molar-refractivity contribution in [3.05, 3.63) is 29.9 Å². The number of aromatic nitrogens is 2. The van der Waals surface area contributed by atoms with Crippen LogP contribution < -0.4 is 0 Å². The molecule has 90 valence electrons. The van der Waals surface area contributed by atoms with Gasteiger partial charge in [-0.05, 0) is 24.5 Å². The topological polar surface area (TPSA) is 46.1 Å². The molecule has 5 heteroatoms. The van der Waals surface area contributed by atoms with Crippen molar-refractivity contribution in [1.82, 2.24) is 14.9 Å². The quantitative estimate of drug-likeness (QED) is 0.821. The molecule has 0 saturated heterocycles. The SMILES string of the molecule is Cc1cnc(C2=CCN(CC(=O)S)CC2)nc1. The Kier molecular flexibility index (Phi) is 3.91. The van der Waals surface area contributed by atoms with Gasteiger partial charge in [-0.25, -0.2) is 9.97 Å². The van der Waals surface area contributed by atoms with Crippen LogP contribution in [0.4, 0.5) is 0 Å². The summed E-state index contributed by atoms with van der Waals surface area (Å²) in [5.74, 6) is 0.799. The van der Waals surface area contributed by atoms with Gasteiger partial charge in [-0.2, -0.15) is 0 Å². The van der Waals surface area contributed by atoms with Crippen LogP contribution in [0.15, 0.2) is 18.5 Å². The molecule has 0 saturated carbocycles. The second-order valence-corrected chi connectivity index (χ2v) is 4.69. The third-order valence-corrected chi connectivity index (χ3v) is 2.86. The first-order chi connectivity index (χ1) is 8.15. The number of carbonyl (C=O) groups is 1. The Morgan fingerprint density at radius 2 is 2.18 bits per heavy atom. The smallest absolute Gasteiger partial charge is 0.199 e. The van der Waals surface area contributed by atoms with E-state index in [0.717, 1.165) is 36.5 Å². The monoisotopic (exact) mass is 249 g/mol. The van der Waals surface area contributed by atoms with Gasteiger partial charge >= 0.3 is 0 Å². The van der Waals surface area contributed by atoms with Crippen molar-refractivity contribution in [2.24, 2.45) is 0 Å². The summed E-state index contributed by atoms with van der Waals surface area (Å²) in [5, 5.41) is -0.0894. The minimum absolute atomic E-state index is 0.0894. The molecule has 2 rings (SSSR count). The molecule has 1 aliphatic rings. The lowest BCUT2D eigenvalue weighted by Crippen LogP contribution is -2.32. The highest BCUT2D eigenvalue weighted by Gasteiger charge is 2.15. The molecule has 0 N–H and O–H groups in total. The van der Waals surface area contributed by atoms with Crippen molar-refractivity contribution >= 4 is 23.3 Å². The van der Waals surface area contributed by atoms with E-state index < -0.39 is 0 Å². The molecule has 0 amide bonds. The first-order valence-corrected chi connectivity index (χ1v) is 6.02. The first-order valence-electron chi connectivity index (χ1n) is 5.57. The zero-order valence-electron chi connectivity index (χ0n) is 9.76. The van der Waals surface area contributed by atoms with Crippen LogP contribution in [0.5, 0.6) is 0 Å². The average Bonchev–Trinajstić information content (AvgIpc) is 2.30. The third kappa shape index (κ3) is 3.38. The van der Waals surface area contributed by atoms with Crippen molar-refractivity contribution in [3.8, 4) is 0 Å². The zero-order chi connectivity index (χ0) is 12.3. The molecule has 0 aliphatic carbocycles. The Morgan fingerprint density at radius 1 is 1.47 bits per heavy atom. The van der Waals surface area contributed by atoms with Gasteiger partial charge in [0.15, 0.2) is 10.9 Å². The van der Waals surface area contributed by atoms with Crippen LogP contribution in [0.2, 0.25) is 0 Å². The van der Waals surface area contributed by atoms with E-state index in [-0.39, 0.29) is 5.12 Å². The van der Waals surface area contributed by atoms with E-state index in [9.17, 15) is 4.79 Å². The summed E-state index contributed by atoms with van der Waals surface area (Å²) >= 11 is 3.79. The molecule has 1 aromatic rings. The maximum absolute atomic E-state index is 10.9. The molecule has 0 spiro atoms. The van der Waals surface area contributed by atoms with Crippen LogP contribution in [0.25, 0.3) is 5.57 Å². The molecule has 0 atom stereocenters. The number of thiol groups is 1. The Balaban J connectivity index is 2.03. The first kappa shape index (κ1) is 12.3. The summed E-state index contributed by atoms with van der Waals surface area (Å²) in [4.78, 5) is 21.6. The lowest BCUT2D eigenvalue weighted by Gasteiger charge is -2.24. The summed E-state index contributed by atoms with van der Waals surface area (Å²) in [6.45, 7) is 3.99. The Morgan fingerprint density at radius 3 is 2.71 bits per heavy atom. The molecule has 0 aromatic carbocycles. The maximum atomic E-state index is 10.9. The van der Waals surface area contributed by atoms with Crippen molar-refractivity contribution in [3.63, 3.8) is 0 Å². The van der Waals surface area contributed by atoms with Gasteiger partial charge in [0.25, 0.3) is 0 Å². The normalized spacial score (nSPS) is 16.7. The molecule has 17 heavy (non-hydrogen) atoms. The van der Waals surface area contributed by atoms with Crippen LogP contribution in [0, 0.1) is 6.92 Å². The highest BCUT2D eigenvalue weighted by molar-refractivity contribution is 7.96. The molecule has 0 bridgehead atoms. The Labute approximate surface area is 106 Å². The lowest BCUT2D eigenvalue weighted by atomic mass is 10.1. The molecule has 0 radical (unpaired) electrons. The maximum Gasteiger partial charge on any atom is 0.199 e. The number of hydrogen-bond donors (Lipinski definition) is 1. The second-order valence-electron chi connectivity index (χ2n) is 4.19. The number of hydrogen-bond acceptors (Lipinski definition) is 4. The van der Waals surface area contributed by atoms with Gasteiger partial charge in [0.05, 0.1) is 6.54 Å². The molecule has 2 heterocycles. The van der Waals surface area contributed by atoms with Crippen molar-refractivity contribution < 1.29 is 4.79 Å². The van der Waals surface area contributed by atoms with Gasteiger partial charge in [-0.3, -0.25) is 9.69 Å². The van der Waals surface area contributed by atoms with E-state index >= 15 is 0 Å². The summed E-state index contributed by atoms with van der Waals surface area (Å²) in [6, 6.07) is 0. The minimum Gasteiger partial charge on any atom is -0.291 e. The van der Waals surface area contributed by atoms with Crippen LogP contribution in [-0.2, 0) is 4.79 Å². The van der Waals surface area contributed by atoms with Crippen molar-refractivity contribution in [1.29, 1.82) is 0 Å². The fourth-order valence-corrected chi connectivity index (χ4v) is 2.01. The van der Waals surface area contributed by atoms with Crippen LogP contribution in [-0.4, -0.2) is 39.6 Å². The van der Waals surface area contributed by atoms with Crippen LogP contribution in [0.1, 0.15) is 17.8 Å². The van der Waals surface area contributed by atoms with Gasteiger partial charge in [-0.15, -0.1) is 12.6 Å². The lowest BCUT2D eigenvalue weighted by molar-refractivity contribution is -0.111. The fourth-order valence-electron chi connectivity index (χ4n) is 1.81. The summed E-state index contributed by atoms with van der Waals surface area (Å²) < 4.78 is 0. The number of rotatable bonds is 3. The van der Waals surface area contributed by atoms with Gasteiger partial charge in [0.2, 0.25) is 0 Å². The molecule has 4 nitrogen and oxygen atoms in total. The summed E-state index contributed by atoms with van der Waals surface area (Å²) in [6.07, 6.45) is 6.62. The van der Waals surface area contributed by atoms with Crippen molar-refractivity contribution in [2.45, 2.75) is 13.3 Å². The van der Waals surface area contributed by atoms with Crippen LogP contribution >= 0.6 is 12.6 Å². The largest absolute Gasteiger partial charge is 0.291 e. The minimum atomic E-state index is -0.0894. The van der Waals surface area contributed by atoms with Gasteiger partial charge in [0.1, 0.15) is 0 Å². The second kappa shape index (κ2) is 5.42. The third-order valence-electron chi connectivity index (χ3n) is 2.72. The van der Waals surface area contributed by atoms with E-state index in [4.69, 9.17) is 0 Å².